The lowest BCUT2D eigenvalue weighted by molar-refractivity contribution is 0.614. The second-order valence-electron chi connectivity index (χ2n) is 8.74. The van der Waals surface area contributed by atoms with Crippen molar-refractivity contribution in [3.63, 3.8) is 0 Å². The average molecular weight is 353 g/mol. The first kappa shape index (κ1) is 20.4. The van der Waals surface area contributed by atoms with E-state index in [1.165, 1.54) is 22.4 Å². The van der Waals surface area contributed by atoms with Crippen LogP contribution in [0.2, 0.25) is 0 Å². The Hall–Kier alpha value is -1.96. The molecule has 0 amide bonds. The van der Waals surface area contributed by atoms with Gasteiger partial charge in [0.05, 0.1) is 0 Å². The highest BCUT2D eigenvalue weighted by Crippen LogP contribution is 2.35. The van der Waals surface area contributed by atoms with E-state index < -0.39 is 0 Å². The van der Waals surface area contributed by atoms with Gasteiger partial charge in [-0.2, -0.15) is 0 Å². The second-order valence-corrected chi connectivity index (χ2v) is 8.74. The molecule has 0 heterocycles. The highest BCUT2D eigenvalue weighted by atomic mass is 14.9. The number of hydrogen-bond donors (Lipinski definition) is 2. The molecule has 0 aliphatic rings. The first-order chi connectivity index (χ1) is 12.3. The molecular weight excluding hydrogens is 316 g/mol. The lowest BCUT2D eigenvalue weighted by Crippen LogP contribution is -2.13. The van der Waals surface area contributed by atoms with E-state index in [2.05, 4.69) is 83.3 Å². The summed E-state index contributed by atoms with van der Waals surface area (Å²) in [6, 6.07) is 12.7. The molecule has 2 aromatic rings. The minimum absolute atomic E-state index is 0.585. The van der Waals surface area contributed by atoms with Gasteiger partial charge in [0.25, 0.3) is 0 Å². The highest BCUT2D eigenvalue weighted by molar-refractivity contribution is 5.72. The van der Waals surface area contributed by atoms with Crippen molar-refractivity contribution in [3.05, 3.63) is 53.1 Å². The van der Waals surface area contributed by atoms with E-state index in [9.17, 15) is 0 Å². The molecule has 0 aliphatic heterocycles. The zero-order valence-electron chi connectivity index (χ0n) is 17.4. The van der Waals surface area contributed by atoms with Gasteiger partial charge in [-0.05, 0) is 71.9 Å². The molecule has 2 rings (SSSR count). The molecule has 0 spiro atoms. The Labute approximate surface area is 160 Å². The molecule has 0 radical (unpaired) electrons. The summed E-state index contributed by atoms with van der Waals surface area (Å²) in [6.45, 7) is 13.6. The van der Waals surface area contributed by atoms with Crippen LogP contribution in [0, 0.1) is 17.8 Å². The monoisotopic (exact) mass is 352 g/mol. The molecule has 0 fully saturated rings. The van der Waals surface area contributed by atoms with Gasteiger partial charge in [-0.15, -0.1) is 0 Å². The summed E-state index contributed by atoms with van der Waals surface area (Å²) in [4.78, 5) is 0. The molecule has 0 unspecified atom stereocenters. The normalized spacial score (nSPS) is 11.6. The van der Waals surface area contributed by atoms with Crippen molar-refractivity contribution in [2.45, 2.75) is 60.8 Å². The van der Waals surface area contributed by atoms with E-state index >= 15 is 0 Å². The van der Waals surface area contributed by atoms with Gasteiger partial charge >= 0.3 is 0 Å². The molecule has 0 saturated heterocycles. The molecule has 0 atom stereocenters. The third-order valence-corrected chi connectivity index (χ3v) is 4.58. The molecule has 3 N–H and O–H groups in total. The quantitative estimate of drug-likeness (QED) is 0.525. The van der Waals surface area contributed by atoms with Gasteiger partial charge in [0.1, 0.15) is 0 Å². The van der Waals surface area contributed by atoms with E-state index in [0.29, 0.717) is 17.8 Å². The summed E-state index contributed by atoms with van der Waals surface area (Å²) in [6.07, 6.45) is 3.09. The van der Waals surface area contributed by atoms with Crippen LogP contribution in [0.15, 0.2) is 36.4 Å². The molecule has 26 heavy (non-hydrogen) atoms. The minimum atomic E-state index is 0.585. The van der Waals surface area contributed by atoms with Crippen molar-refractivity contribution in [3.8, 4) is 0 Å². The number of nitrogens with two attached hydrogens (primary N) is 1. The van der Waals surface area contributed by atoms with E-state index in [1.54, 1.807) is 0 Å². The van der Waals surface area contributed by atoms with Crippen LogP contribution in [0.3, 0.4) is 0 Å². The first-order valence-corrected chi connectivity index (χ1v) is 10.0. The fourth-order valence-corrected chi connectivity index (χ4v) is 3.54. The fourth-order valence-electron chi connectivity index (χ4n) is 3.54. The number of nitrogens with one attached hydrogen (secondary N) is 1. The van der Waals surface area contributed by atoms with E-state index in [1.807, 2.05) is 0 Å². The topological polar surface area (TPSA) is 38.0 Å². The van der Waals surface area contributed by atoms with Gasteiger partial charge in [-0.25, -0.2) is 0 Å². The summed E-state index contributed by atoms with van der Waals surface area (Å²) >= 11 is 0. The molecular formula is C24H36N2. The molecule has 0 aromatic heterocycles. The predicted molar refractivity (Wildman–Crippen MR) is 116 cm³/mol. The lowest BCUT2D eigenvalue weighted by Gasteiger charge is -2.24. The maximum atomic E-state index is 6.69. The van der Waals surface area contributed by atoms with E-state index in [0.717, 1.165) is 30.6 Å². The van der Waals surface area contributed by atoms with Crippen LogP contribution in [0.25, 0.3) is 0 Å². The Balaban J connectivity index is 2.59. The molecule has 0 bridgehead atoms. The maximum absolute atomic E-state index is 6.69. The SMILES string of the molecule is CC(C)Cc1cc(Nc2ccccc2)c(CC(C)C)c(CC(C)C)c1N. The number of anilines is 3. The van der Waals surface area contributed by atoms with Crippen LogP contribution in [0.1, 0.15) is 58.2 Å². The second kappa shape index (κ2) is 9.12. The molecule has 2 heteroatoms. The van der Waals surface area contributed by atoms with Gasteiger partial charge in [-0.3, -0.25) is 0 Å². The Kier molecular flexibility index (Phi) is 7.14. The molecule has 2 nitrogen and oxygen atoms in total. The zero-order valence-corrected chi connectivity index (χ0v) is 17.4. The lowest BCUT2D eigenvalue weighted by atomic mass is 9.86. The van der Waals surface area contributed by atoms with Crippen molar-refractivity contribution < 1.29 is 0 Å². The average Bonchev–Trinajstić information content (AvgIpc) is 2.55. The Morgan fingerprint density at radius 2 is 1.31 bits per heavy atom. The van der Waals surface area contributed by atoms with Crippen LogP contribution in [0.5, 0.6) is 0 Å². The van der Waals surface area contributed by atoms with E-state index in [-0.39, 0.29) is 0 Å². The smallest absolute Gasteiger partial charge is 0.0423 e. The van der Waals surface area contributed by atoms with Crippen LogP contribution >= 0.6 is 0 Å². The van der Waals surface area contributed by atoms with Crippen LogP contribution in [0.4, 0.5) is 17.1 Å². The summed E-state index contributed by atoms with van der Waals surface area (Å²) in [5, 5.41) is 3.68. The van der Waals surface area contributed by atoms with E-state index in [4.69, 9.17) is 5.73 Å². The van der Waals surface area contributed by atoms with Crippen molar-refractivity contribution in [1.29, 1.82) is 0 Å². The molecule has 2 aromatic carbocycles. The molecule has 142 valence electrons. The third-order valence-electron chi connectivity index (χ3n) is 4.58. The van der Waals surface area contributed by atoms with Crippen LogP contribution in [-0.2, 0) is 19.3 Å². The third kappa shape index (κ3) is 5.52. The summed E-state index contributed by atoms with van der Waals surface area (Å²) in [7, 11) is 0. The van der Waals surface area contributed by atoms with Crippen molar-refractivity contribution in [2.24, 2.45) is 17.8 Å². The first-order valence-electron chi connectivity index (χ1n) is 10.0. The molecule has 0 aliphatic carbocycles. The maximum Gasteiger partial charge on any atom is 0.0423 e. The number of nitrogen functional groups attached to an aromatic ring is 1. The Morgan fingerprint density at radius 3 is 1.85 bits per heavy atom. The van der Waals surface area contributed by atoms with Crippen LogP contribution in [-0.4, -0.2) is 0 Å². The van der Waals surface area contributed by atoms with Crippen molar-refractivity contribution >= 4 is 17.1 Å². The predicted octanol–water partition coefficient (Wildman–Crippen LogP) is 6.61. The summed E-state index contributed by atoms with van der Waals surface area (Å²) in [5.41, 5.74) is 14.1. The Bertz CT molecular complexity index is 700. The van der Waals surface area contributed by atoms with Crippen molar-refractivity contribution in [1.82, 2.24) is 0 Å². The molecule has 0 saturated carbocycles. The van der Waals surface area contributed by atoms with Crippen molar-refractivity contribution in [2.75, 3.05) is 11.1 Å². The minimum Gasteiger partial charge on any atom is -0.398 e. The number of benzene rings is 2. The fraction of sp³-hybridized carbons (Fsp3) is 0.500. The number of rotatable bonds is 8. The summed E-state index contributed by atoms with van der Waals surface area (Å²) < 4.78 is 0. The zero-order chi connectivity index (χ0) is 19.3. The highest BCUT2D eigenvalue weighted by Gasteiger charge is 2.19. The number of para-hydroxylation sites is 1. The van der Waals surface area contributed by atoms with Gasteiger partial charge in [0, 0.05) is 17.1 Å². The van der Waals surface area contributed by atoms with Gasteiger partial charge in [-0.1, -0.05) is 59.7 Å². The number of hydrogen-bond acceptors (Lipinski definition) is 2. The Morgan fingerprint density at radius 1 is 0.769 bits per heavy atom. The van der Waals surface area contributed by atoms with Crippen LogP contribution < -0.4 is 11.1 Å². The van der Waals surface area contributed by atoms with Gasteiger partial charge < -0.3 is 11.1 Å². The summed E-state index contributed by atoms with van der Waals surface area (Å²) in [5.74, 6) is 1.76. The standard InChI is InChI=1S/C24H36N2/c1-16(2)12-19-15-23(26-20-10-8-7-9-11-20)21(13-17(3)4)22(24(19)25)14-18(5)6/h7-11,15-18,26H,12-14,25H2,1-6H3. The van der Waals surface area contributed by atoms with Gasteiger partial charge in [0.2, 0.25) is 0 Å². The van der Waals surface area contributed by atoms with Gasteiger partial charge in [0.15, 0.2) is 0 Å². The largest absolute Gasteiger partial charge is 0.398 e.